The number of nitrogens with one attached hydrogen (secondary N) is 1. The Morgan fingerprint density at radius 3 is 2.57 bits per heavy atom. The molecular weight excluding hydrogens is 378 g/mol. The zero-order valence-electron chi connectivity index (χ0n) is 15.7. The van der Waals surface area contributed by atoms with E-state index in [1.807, 2.05) is 49.2 Å². The summed E-state index contributed by atoms with van der Waals surface area (Å²) in [6.45, 7) is 1.81. The van der Waals surface area contributed by atoms with E-state index >= 15 is 0 Å². The summed E-state index contributed by atoms with van der Waals surface area (Å²) in [5.74, 6) is 3.35. The number of anilines is 3. The Morgan fingerprint density at radius 2 is 1.93 bits per heavy atom. The van der Waals surface area contributed by atoms with Gasteiger partial charge in [0.15, 0.2) is 21.5 Å². The van der Waals surface area contributed by atoms with Crippen LogP contribution in [0.25, 0.3) is 11.4 Å². The van der Waals surface area contributed by atoms with Gasteiger partial charge in [0.2, 0.25) is 0 Å². The van der Waals surface area contributed by atoms with Gasteiger partial charge in [-0.15, -0.1) is 0 Å². The molecule has 0 bridgehead atoms. The highest BCUT2D eigenvalue weighted by atomic mass is 32.2. The van der Waals surface area contributed by atoms with Crippen molar-refractivity contribution in [1.29, 1.82) is 0 Å². The minimum absolute atomic E-state index is 0.106. The second-order valence-corrected chi connectivity index (χ2v) is 9.15. The molecule has 8 nitrogen and oxygen atoms in total. The number of benzene rings is 1. The highest BCUT2D eigenvalue weighted by molar-refractivity contribution is 7.91. The molecule has 1 aromatic carbocycles. The van der Waals surface area contributed by atoms with Crippen molar-refractivity contribution in [2.75, 3.05) is 28.8 Å². The number of rotatable bonds is 5. The summed E-state index contributed by atoms with van der Waals surface area (Å²) in [5.41, 5.74) is 0.871. The molecule has 28 heavy (non-hydrogen) atoms. The second kappa shape index (κ2) is 7.23. The lowest BCUT2D eigenvalue weighted by Crippen LogP contribution is -2.33. The van der Waals surface area contributed by atoms with Crippen molar-refractivity contribution in [3.63, 3.8) is 0 Å². The Balaban J connectivity index is 1.71. The molecule has 0 saturated carbocycles. The van der Waals surface area contributed by atoms with E-state index in [0.717, 1.165) is 5.56 Å². The zero-order chi connectivity index (χ0) is 19.7. The number of sulfone groups is 1. The van der Waals surface area contributed by atoms with Crippen LogP contribution in [0.2, 0.25) is 0 Å². The van der Waals surface area contributed by atoms with Gasteiger partial charge < -0.3 is 14.7 Å². The lowest BCUT2D eigenvalue weighted by molar-refractivity contribution is 0.400. The van der Waals surface area contributed by atoms with Gasteiger partial charge >= 0.3 is 0 Å². The van der Waals surface area contributed by atoms with E-state index < -0.39 is 9.84 Å². The molecule has 1 atom stereocenters. The van der Waals surface area contributed by atoms with Crippen LogP contribution < -0.4 is 10.2 Å². The van der Waals surface area contributed by atoms with Gasteiger partial charge in [-0.2, -0.15) is 0 Å². The third-order valence-electron chi connectivity index (χ3n) is 4.75. The van der Waals surface area contributed by atoms with Crippen LogP contribution in [0.15, 0.2) is 47.0 Å². The highest BCUT2D eigenvalue weighted by Gasteiger charge is 2.31. The molecule has 2 aromatic heterocycles. The highest BCUT2D eigenvalue weighted by Crippen LogP contribution is 2.27. The fraction of sp³-hybridized carbons (Fsp3) is 0.316. The fourth-order valence-corrected chi connectivity index (χ4v) is 4.99. The van der Waals surface area contributed by atoms with Gasteiger partial charge in [0.25, 0.3) is 0 Å². The van der Waals surface area contributed by atoms with Crippen LogP contribution in [0, 0.1) is 6.92 Å². The Labute approximate surface area is 163 Å². The van der Waals surface area contributed by atoms with E-state index in [2.05, 4.69) is 20.4 Å². The van der Waals surface area contributed by atoms with Crippen molar-refractivity contribution in [2.45, 2.75) is 19.4 Å². The first kappa shape index (κ1) is 18.4. The van der Waals surface area contributed by atoms with E-state index in [0.29, 0.717) is 35.5 Å². The molecule has 3 aromatic rings. The summed E-state index contributed by atoms with van der Waals surface area (Å²) in [7, 11) is -1.12. The summed E-state index contributed by atoms with van der Waals surface area (Å²) in [5, 5.41) is 7.08. The molecule has 1 fully saturated rings. The van der Waals surface area contributed by atoms with Gasteiger partial charge in [0.05, 0.1) is 11.5 Å². The molecule has 4 rings (SSSR count). The predicted octanol–water partition coefficient (Wildman–Crippen LogP) is 2.81. The van der Waals surface area contributed by atoms with Crippen molar-refractivity contribution in [3.8, 4) is 11.4 Å². The van der Waals surface area contributed by atoms with Crippen LogP contribution in [0.5, 0.6) is 0 Å². The quantitative estimate of drug-likeness (QED) is 0.699. The van der Waals surface area contributed by atoms with Gasteiger partial charge in [-0.1, -0.05) is 35.5 Å². The van der Waals surface area contributed by atoms with Crippen LogP contribution in [0.4, 0.5) is 17.5 Å². The Morgan fingerprint density at radius 1 is 1.14 bits per heavy atom. The average Bonchev–Trinajstić information content (AvgIpc) is 3.26. The monoisotopic (exact) mass is 399 g/mol. The molecule has 1 N–H and O–H groups in total. The van der Waals surface area contributed by atoms with Crippen LogP contribution in [0.3, 0.4) is 0 Å². The molecule has 1 aliphatic heterocycles. The van der Waals surface area contributed by atoms with Crippen LogP contribution in [-0.4, -0.2) is 48.1 Å². The standard InChI is InChI=1S/C19H21N5O3S/c1-13-10-17(23-27-13)20-16-11-18(24(2)15-8-9-28(25,26)12-15)22-19(21-16)14-6-4-3-5-7-14/h3-7,10-11,15H,8-9,12H2,1-2H3,(H,20,21,22,23). The van der Waals surface area contributed by atoms with Gasteiger partial charge in [-0.25, -0.2) is 18.4 Å². The zero-order valence-corrected chi connectivity index (χ0v) is 16.5. The molecular formula is C19H21N5O3S. The SMILES string of the molecule is Cc1cc(Nc2cc(N(C)C3CCS(=O)(=O)C3)nc(-c3ccccc3)n2)no1. The van der Waals surface area contributed by atoms with E-state index in [1.54, 1.807) is 12.1 Å². The lowest BCUT2D eigenvalue weighted by atomic mass is 10.2. The number of hydrogen-bond donors (Lipinski definition) is 1. The maximum Gasteiger partial charge on any atom is 0.175 e. The van der Waals surface area contributed by atoms with E-state index in [4.69, 9.17) is 4.52 Å². The van der Waals surface area contributed by atoms with Gasteiger partial charge in [-0.3, -0.25) is 0 Å². The van der Waals surface area contributed by atoms with Gasteiger partial charge in [0.1, 0.15) is 17.4 Å². The van der Waals surface area contributed by atoms with Crippen LogP contribution in [0.1, 0.15) is 12.2 Å². The lowest BCUT2D eigenvalue weighted by Gasteiger charge is -2.25. The summed E-state index contributed by atoms with van der Waals surface area (Å²) in [6.07, 6.45) is 0.592. The van der Waals surface area contributed by atoms with E-state index in [1.165, 1.54) is 0 Å². The van der Waals surface area contributed by atoms with Gasteiger partial charge in [-0.05, 0) is 13.3 Å². The van der Waals surface area contributed by atoms with Crippen molar-refractivity contribution in [3.05, 3.63) is 48.2 Å². The van der Waals surface area contributed by atoms with Crippen molar-refractivity contribution in [2.24, 2.45) is 0 Å². The maximum absolute atomic E-state index is 11.9. The second-order valence-electron chi connectivity index (χ2n) is 6.92. The molecule has 1 aliphatic rings. The first-order valence-electron chi connectivity index (χ1n) is 8.98. The smallest absolute Gasteiger partial charge is 0.175 e. The summed E-state index contributed by atoms with van der Waals surface area (Å²) < 4.78 is 28.9. The summed E-state index contributed by atoms with van der Waals surface area (Å²) >= 11 is 0. The molecule has 146 valence electrons. The maximum atomic E-state index is 11.9. The molecule has 9 heteroatoms. The Bertz CT molecular complexity index is 1080. The third-order valence-corrected chi connectivity index (χ3v) is 6.50. The normalized spacial score (nSPS) is 18.1. The third kappa shape index (κ3) is 3.99. The largest absolute Gasteiger partial charge is 0.360 e. The first-order valence-corrected chi connectivity index (χ1v) is 10.8. The van der Waals surface area contributed by atoms with Crippen LogP contribution in [-0.2, 0) is 9.84 Å². The molecule has 0 amide bonds. The van der Waals surface area contributed by atoms with Crippen molar-refractivity contribution in [1.82, 2.24) is 15.1 Å². The number of hydrogen-bond acceptors (Lipinski definition) is 8. The first-order chi connectivity index (χ1) is 13.4. The average molecular weight is 399 g/mol. The minimum atomic E-state index is -2.99. The van der Waals surface area contributed by atoms with Crippen molar-refractivity contribution >= 4 is 27.3 Å². The topological polar surface area (TPSA) is 101 Å². The van der Waals surface area contributed by atoms with E-state index in [9.17, 15) is 8.42 Å². The molecule has 1 saturated heterocycles. The predicted molar refractivity (Wildman–Crippen MR) is 107 cm³/mol. The molecule has 0 spiro atoms. The number of nitrogens with zero attached hydrogens (tertiary/aromatic N) is 4. The Kier molecular flexibility index (Phi) is 4.76. The van der Waals surface area contributed by atoms with Crippen molar-refractivity contribution < 1.29 is 12.9 Å². The van der Waals surface area contributed by atoms with Crippen LogP contribution >= 0.6 is 0 Å². The molecule has 3 heterocycles. The molecule has 0 radical (unpaired) electrons. The Hall–Kier alpha value is -2.94. The molecule has 0 aliphatic carbocycles. The molecule has 1 unspecified atom stereocenters. The number of aryl methyl sites for hydroxylation is 1. The van der Waals surface area contributed by atoms with E-state index in [-0.39, 0.29) is 17.5 Å². The fourth-order valence-electron chi connectivity index (χ4n) is 3.22. The van der Waals surface area contributed by atoms with Gasteiger partial charge in [0, 0.05) is 30.8 Å². The minimum Gasteiger partial charge on any atom is -0.360 e. The number of aromatic nitrogens is 3. The summed E-state index contributed by atoms with van der Waals surface area (Å²) in [4.78, 5) is 11.2. The summed E-state index contributed by atoms with van der Waals surface area (Å²) in [6, 6.07) is 13.1.